The van der Waals surface area contributed by atoms with E-state index >= 15 is 0 Å². The lowest BCUT2D eigenvalue weighted by atomic mass is 10.2. The van der Waals surface area contributed by atoms with Gasteiger partial charge in [0.1, 0.15) is 26.3 Å². The number of rotatable bonds is 15. The second-order valence-corrected chi connectivity index (χ2v) is 7.36. The second kappa shape index (κ2) is 13.0. The summed E-state index contributed by atoms with van der Waals surface area (Å²) in [4.78, 5) is 45.4. The summed E-state index contributed by atoms with van der Waals surface area (Å²) in [5, 5.41) is 40.0. The van der Waals surface area contributed by atoms with Gasteiger partial charge >= 0.3 is 11.9 Å². The fraction of sp³-hybridized carbons (Fsp3) is 0.273. The first-order valence-electron chi connectivity index (χ1n) is 10.4. The number of hydrogen-bond donors (Lipinski definition) is 2. The molecule has 16 heteroatoms. The molecule has 2 N–H and O–H groups in total. The number of hydrogen-bond acceptors (Lipinski definition) is 10. The number of carbonyl (C=O) groups excluding carboxylic acids is 2. The smallest absolute Gasteiger partial charge is 0.323 e. The summed E-state index contributed by atoms with van der Waals surface area (Å²) >= 11 is 0. The van der Waals surface area contributed by atoms with Gasteiger partial charge in [0.25, 0.3) is 0 Å². The Morgan fingerprint density at radius 2 is 1.00 bits per heavy atom. The van der Waals surface area contributed by atoms with Crippen LogP contribution < -0.4 is 29.5 Å². The number of anilines is 2. The standard InChI is InChI=1S/C22H20F4N2O10/c23-11-1-3-13(27(7-15(29)30)8-16(31)32)21(19(11)25)37-5-6-38-22-14(4-2-12(24)20(22)26)28(9-17(33)34)10-18(35)36/h1-4H,5-10H2,(H,29,30)(H,31,32)(H,33,34)(H,35,36)/p-2. The van der Waals surface area contributed by atoms with E-state index in [9.17, 15) is 47.0 Å². The number of carbonyl (C=O) groups is 4. The fourth-order valence-corrected chi connectivity index (χ4v) is 3.19. The lowest BCUT2D eigenvalue weighted by Gasteiger charge is -2.27. The summed E-state index contributed by atoms with van der Waals surface area (Å²) in [5.41, 5.74) is -0.982. The van der Waals surface area contributed by atoms with Crippen molar-refractivity contribution in [1.29, 1.82) is 0 Å². The van der Waals surface area contributed by atoms with Gasteiger partial charge in [0.15, 0.2) is 23.1 Å². The minimum Gasteiger partial charge on any atom is -0.548 e. The fourth-order valence-electron chi connectivity index (χ4n) is 3.19. The van der Waals surface area contributed by atoms with Gasteiger partial charge in [-0.1, -0.05) is 0 Å². The van der Waals surface area contributed by atoms with Gasteiger partial charge in [0.2, 0.25) is 11.6 Å². The molecule has 0 bridgehead atoms. The predicted octanol–water partition coefficient (Wildman–Crippen LogP) is -1.02. The number of ether oxygens (including phenoxy) is 2. The summed E-state index contributed by atoms with van der Waals surface area (Å²) in [7, 11) is 0. The molecule has 0 spiro atoms. The minimum absolute atomic E-state index is 0.491. The van der Waals surface area contributed by atoms with Gasteiger partial charge in [-0.25, -0.2) is 8.78 Å². The lowest BCUT2D eigenvalue weighted by Crippen LogP contribution is -2.41. The van der Waals surface area contributed by atoms with Gasteiger partial charge < -0.3 is 49.3 Å². The highest BCUT2D eigenvalue weighted by Crippen LogP contribution is 2.34. The van der Waals surface area contributed by atoms with Crippen molar-refractivity contribution in [2.75, 3.05) is 49.2 Å². The third-order valence-corrected chi connectivity index (χ3v) is 4.61. The SMILES string of the molecule is O=C([O-])CN(CC(=O)O)c1ccc(F)c(F)c1OCCOc1c(N(CC(=O)[O-])CC(=O)O)ccc(F)c1F. The third kappa shape index (κ3) is 7.87. The molecule has 0 saturated carbocycles. The Kier molecular flexibility index (Phi) is 10.1. The Morgan fingerprint density at radius 1 is 0.658 bits per heavy atom. The van der Waals surface area contributed by atoms with Crippen LogP contribution in [0.4, 0.5) is 28.9 Å². The molecule has 2 rings (SSSR count). The van der Waals surface area contributed by atoms with Crippen LogP contribution in [-0.4, -0.2) is 73.5 Å². The molecule has 0 fully saturated rings. The number of nitrogens with zero attached hydrogens (tertiary/aromatic N) is 2. The Balaban J connectivity index is 2.31. The molecule has 0 aliphatic heterocycles. The van der Waals surface area contributed by atoms with Gasteiger partial charge in [0, 0.05) is 0 Å². The monoisotopic (exact) mass is 546 g/mol. The number of aliphatic carboxylic acids is 4. The van der Waals surface area contributed by atoms with Crippen LogP contribution in [0.3, 0.4) is 0 Å². The van der Waals surface area contributed by atoms with Gasteiger partial charge in [-0.3, -0.25) is 9.59 Å². The summed E-state index contributed by atoms with van der Waals surface area (Å²) < 4.78 is 66.8. The average Bonchev–Trinajstić information content (AvgIpc) is 2.79. The third-order valence-electron chi connectivity index (χ3n) is 4.61. The number of carboxylic acid groups (broad SMARTS) is 4. The zero-order valence-corrected chi connectivity index (χ0v) is 19.1. The van der Waals surface area contributed by atoms with Crippen LogP contribution in [0.25, 0.3) is 0 Å². The highest BCUT2D eigenvalue weighted by atomic mass is 19.2. The molecular formula is C22H18F4N2O10-2. The van der Waals surface area contributed by atoms with E-state index in [2.05, 4.69) is 0 Å². The van der Waals surface area contributed by atoms with Crippen molar-refractivity contribution in [3.63, 3.8) is 0 Å². The second-order valence-electron chi connectivity index (χ2n) is 7.36. The molecule has 0 saturated heterocycles. The van der Waals surface area contributed by atoms with Gasteiger partial charge in [-0.05, 0) is 24.3 Å². The number of carboxylic acids is 4. The molecule has 206 valence electrons. The molecule has 0 heterocycles. The van der Waals surface area contributed by atoms with Crippen LogP contribution in [-0.2, 0) is 19.2 Å². The van der Waals surface area contributed by atoms with E-state index in [1.54, 1.807) is 0 Å². The largest absolute Gasteiger partial charge is 0.548 e. The molecule has 0 aliphatic carbocycles. The van der Waals surface area contributed by atoms with Gasteiger partial charge in [-0.15, -0.1) is 0 Å². The minimum atomic E-state index is -1.75. The van der Waals surface area contributed by atoms with E-state index < -0.39 is 109 Å². The van der Waals surface area contributed by atoms with Crippen molar-refractivity contribution in [2.45, 2.75) is 0 Å². The number of benzene rings is 2. The summed E-state index contributed by atoms with van der Waals surface area (Å²) in [6, 6.07) is 2.85. The van der Waals surface area contributed by atoms with Gasteiger partial charge in [0.05, 0.1) is 36.4 Å². The first-order chi connectivity index (χ1) is 17.8. The van der Waals surface area contributed by atoms with Crippen LogP contribution in [0.15, 0.2) is 24.3 Å². The maximum atomic E-state index is 14.5. The summed E-state index contributed by atoms with van der Waals surface area (Å²) in [6.45, 7) is -5.51. The molecule has 0 aliphatic rings. The van der Waals surface area contributed by atoms with E-state index in [0.29, 0.717) is 21.9 Å². The van der Waals surface area contributed by atoms with E-state index in [1.165, 1.54) is 0 Å². The topological polar surface area (TPSA) is 180 Å². The van der Waals surface area contributed by atoms with Crippen molar-refractivity contribution < 1.29 is 66.6 Å². The lowest BCUT2D eigenvalue weighted by molar-refractivity contribution is -0.304. The molecule has 38 heavy (non-hydrogen) atoms. The van der Waals surface area contributed by atoms with Crippen molar-refractivity contribution in [3.05, 3.63) is 47.5 Å². The summed E-state index contributed by atoms with van der Waals surface area (Å²) in [5.74, 6) is -14.6. The number of halogens is 4. The molecule has 0 amide bonds. The first-order valence-corrected chi connectivity index (χ1v) is 10.4. The van der Waals surface area contributed by atoms with Crippen molar-refractivity contribution in [1.82, 2.24) is 0 Å². The molecule has 0 atom stereocenters. The van der Waals surface area contributed by atoms with Crippen LogP contribution in [0.2, 0.25) is 0 Å². The van der Waals surface area contributed by atoms with E-state index in [-0.39, 0.29) is 0 Å². The highest BCUT2D eigenvalue weighted by molar-refractivity contribution is 5.81. The molecule has 2 aromatic rings. The summed E-state index contributed by atoms with van der Waals surface area (Å²) in [6.07, 6.45) is 0. The average molecular weight is 546 g/mol. The van der Waals surface area contributed by atoms with Crippen molar-refractivity contribution >= 4 is 35.3 Å². The Labute approximate surface area is 210 Å². The maximum absolute atomic E-state index is 14.5. The molecule has 0 radical (unpaired) electrons. The predicted molar refractivity (Wildman–Crippen MR) is 113 cm³/mol. The molecule has 12 nitrogen and oxygen atoms in total. The Morgan fingerprint density at radius 3 is 1.29 bits per heavy atom. The van der Waals surface area contributed by atoms with Crippen LogP contribution in [0, 0.1) is 23.3 Å². The Bertz CT molecular complexity index is 1100. The van der Waals surface area contributed by atoms with Gasteiger partial charge in [-0.2, -0.15) is 8.78 Å². The first kappa shape index (κ1) is 29.5. The quantitative estimate of drug-likeness (QED) is 0.205. The van der Waals surface area contributed by atoms with Crippen LogP contribution >= 0.6 is 0 Å². The Hall–Kier alpha value is -4.76. The maximum Gasteiger partial charge on any atom is 0.323 e. The van der Waals surface area contributed by atoms with Crippen LogP contribution in [0.5, 0.6) is 11.5 Å². The highest BCUT2D eigenvalue weighted by Gasteiger charge is 2.24. The zero-order valence-electron chi connectivity index (χ0n) is 19.1. The molecule has 0 aromatic heterocycles. The van der Waals surface area contributed by atoms with E-state index in [4.69, 9.17) is 19.7 Å². The molecular weight excluding hydrogens is 528 g/mol. The zero-order chi connectivity index (χ0) is 28.6. The van der Waals surface area contributed by atoms with Crippen molar-refractivity contribution in [2.24, 2.45) is 0 Å². The van der Waals surface area contributed by atoms with Crippen LogP contribution in [0.1, 0.15) is 0 Å². The normalized spacial score (nSPS) is 10.5. The molecule has 2 aromatic carbocycles. The van der Waals surface area contributed by atoms with E-state index in [0.717, 1.165) is 12.1 Å². The molecule has 0 unspecified atom stereocenters. The van der Waals surface area contributed by atoms with Crippen molar-refractivity contribution in [3.8, 4) is 11.5 Å². The van der Waals surface area contributed by atoms with E-state index in [1.807, 2.05) is 0 Å².